The molecule has 3 heteroatoms. The first-order valence-corrected chi connectivity index (χ1v) is 9.55. The van der Waals surface area contributed by atoms with Crippen LogP contribution in [0.15, 0.2) is 0 Å². The van der Waals surface area contributed by atoms with Crippen LogP contribution >= 0.6 is 23.5 Å². The number of rotatable bonds is 4. The molecule has 1 N–H and O–H groups in total. The Morgan fingerprint density at radius 3 is 2.71 bits per heavy atom. The van der Waals surface area contributed by atoms with Gasteiger partial charge in [-0.25, -0.2) is 0 Å². The van der Waals surface area contributed by atoms with Crippen molar-refractivity contribution in [3.8, 4) is 0 Å². The van der Waals surface area contributed by atoms with Crippen LogP contribution < -0.4 is 5.32 Å². The lowest BCUT2D eigenvalue weighted by Gasteiger charge is -2.31. The largest absolute Gasteiger partial charge is 0.313 e. The molecule has 98 valence electrons. The summed E-state index contributed by atoms with van der Waals surface area (Å²) >= 11 is 4.33. The molecule has 0 bridgehead atoms. The third kappa shape index (κ3) is 3.81. The second kappa shape index (κ2) is 6.21. The van der Waals surface area contributed by atoms with Crippen molar-refractivity contribution in [1.82, 2.24) is 5.32 Å². The standard InChI is InChI=1S/C14H25NS2/c1-2-12(11-4-5-11)8-13(3-1)15-9-14-10-16-6-7-17-14/h11-15H,1-10H2. The molecular formula is C14H25NS2. The molecule has 1 saturated heterocycles. The van der Waals surface area contributed by atoms with Gasteiger partial charge in [0.25, 0.3) is 0 Å². The van der Waals surface area contributed by atoms with Crippen molar-refractivity contribution >= 4 is 23.5 Å². The Balaban J connectivity index is 1.38. The fourth-order valence-corrected chi connectivity index (χ4v) is 5.99. The van der Waals surface area contributed by atoms with Crippen molar-refractivity contribution in [3.05, 3.63) is 0 Å². The molecule has 2 saturated carbocycles. The average molecular weight is 271 g/mol. The van der Waals surface area contributed by atoms with Gasteiger partial charge in [-0.15, -0.1) is 0 Å². The minimum absolute atomic E-state index is 0.849. The summed E-state index contributed by atoms with van der Waals surface area (Å²) in [6.45, 7) is 1.26. The molecule has 3 rings (SSSR count). The molecule has 3 aliphatic rings. The molecular weight excluding hydrogens is 246 g/mol. The van der Waals surface area contributed by atoms with Gasteiger partial charge in [-0.2, -0.15) is 23.5 Å². The van der Waals surface area contributed by atoms with Crippen LogP contribution in [0.2, 0.25) is 0 Å². The quantitative estimate of drug-likeness (QED) is 0.842. The number of hydrogen-bond donors (Lipinski definition) is 1. The van der Waals surface area contributed by atoms with Crippen LogP contribution in [0.4, 0.5) is 0 Å². The highest BCUT2D eigenvalue weighted by Crippen LogP contribution is 2.43. The maximum absolute atomic E-state index is 3.87. The summed E-state index contributed by atoms with van der Waals surface area (Å²) in [7, 11) is 0. The Hall–Kier alpha value is 0.660. The van der Waals surface area contributed by atoms with E-state index in [0.29, 0.717) is 0 Å². The SMILES string of the molecule is C1CC(NCC2CSCCS2)CC(C2CC2)C1. The fraction of sp³-hybridized carbons (Fsp3) is 1.00. The number of nitrogens with one attached hydrogen (secondary N) is 1. The molecule has 3 atom stereocenters. The maximum atomic E-state index is 3.87. The second-order valence-corrected chi connectivity index (χ2v) is 8.50. The lowest BCUT2D eigenvalue weighted by atomic mass is 9.83. The predicted octanol–water partition coefficient (Wildman–Crippen LogP) is 3.39. The summed E-state index contributed by atoms with van der Waals surface area (Å²) < 4.78 is 0. The monoisotopic (exact) mass is 271 g/mol. The molecule has 0 aromatic heterocycles. The van der Waals surface area contributed by atoms with Gasteiger partial charge in [0.2, 0.25) is 0 Å². The zero-order valence-corrected chi connectivity index (χ0v) is 12.3. The minimum Gasteiger partial charge on any atom is -0.313 e. The van der Waals surface area contributed by atoms with Crippen molar-refractivity contribution in [2.75, 3.05) is 23.8 Å². The highest BCUT2D eigenvalue weighted by molar-refractivity contribution is 8.06. The van der Waals surface area contributed by atoms with Crippen molar-refractivity contribution in [3.63, 3.8) is 0 Å². The molecule has 1 nitrogen and oxygen atoms in total. The van der Waals surface area contributed by atoms with Crippen LogP contribution in [0.5, 0.6) is 0 Å². The zero-order valence-electron chi connectivity index (χ0n) is 10.7. The summed E-state index contributed by atoms with van der Waals surface area (Å²) in [5, 5.41) is 4.75. The summed E-state index contributed by atoms with van der Waals surface area (Å²) in [5.74, 6) is 6.31. The average Bonchev–Trinajstić information content (AvgIpc) is 3.22. The first-order valence-electron chi connectivity index (χ1n) is 7.34. The molecule has 1 heterocycles. The normalized spacial score (nSPS) is 39.2. The van der Waals surface area contributed by atoms with E-state index in [4.69, 9.17) is 0 Å². The Morgan fingerprint density at radius 1 is 1.00 bits per heavy atom. The number of hydrogen-bond acceptors (Lipinski definition) is 3. The third-order valence-corrected chi connectivity index (χ3v) is 7.37. The zero-order chi connectivity index (χ0) is 11.5. The van der Waals surface area contributed by atoms with Crippen LogP contribution in [0.3, 0.4) is 0 Å². The van der Waals surface area contributed by atoms with Crippen molar-refractivity contribution in [2.45, 2.75) is 49.8 Å². The van der Waals surface area contributed by atoms with Gasteiger partial charge in [-0.1, -0.05) is 12.8 Å². The maximum Gasteiger partial charge on any atom is 0.0263 e. The van der Waals surface area contributed by atoms with E-state index >= 15 is 0 Å². The minimum atomic E-state index is 0.849. The molecule has 17 heavy (non-hydrogen) atoms. The van der Waals surface area contributed by atoms with E-state index in [1.165, 1.54) is 62.3 Å². The smallest absolute Gasteiger partial charge is 0.0263 e. The summed E-state index contributed by atoms with van der Waals surface area (Å²) in [5.41, 5.74) is 0. The van der Waals surface area contributed by atoms with Crippen LogP contribution in [-0.2, 0) is 0 Å². The van der Waals surface area contributed by atoms with Gasteiger partial charge in [0.05, 0.1) is 0 Å². The van der Waals surface area contributed by atoms with Gasteiger partial charge >= 0.3 is 0 Å². The summed E-state index contributed by atoms with van der Waals surface area (Å²) in [6.07, 6.45) is 8.99. The Labute approximate surface area is 114 Å². The van der Waals surface area contributed by atoms with E-state index in [-0.39, 0.29) is 0 Å². The van der Waals surface area contributed by atoms with E-state index in [2.05, 4.69) is 28.8 Å². The highest BCUT2D eigenvalue weighted by atomic mass is 32.2. The van der Waals surface area contributed by atoms with Crippen LogP contribution in [0.25, 0.3) is 0 Å². The topological polar surface area (TPSA) is 12.0 Å². The molecule has 0 spiro atoms. The summed E-state index contributed by atoms with van der Waals surface area (Å²) in [4.78, 5) is 0. The Bertz CT molecular complexity index is 236. The van der Waals surface area contributed by atoms with Crippen LogP contribution in [0, 0.1) is 11.8 Å². The van der Waals surface area contributed by atoms with E-state index in [1.807, 2.05) is 0 Å². The van der Waals surface area contributed by atoms with Gasteiger partial charge in [0.15, 0.2) is 0 Å². The molecule has 0 aromatic rings. The van der Waals surface area contributed by atoms with E-state index in [0.717, 1.165) is 23.1 Å². The molecule has 0 amide bonds. The molecule has 3 unspecified atom stereocenters. The van der Waals surface area contributed by atoms with Gasteiger partial charge in [-0.05, 0) is 37.5 Å². The second-order valence-electron chi connectivity index (χ2n) is 5.94. The molecule has 3 fully saturated rings. The molecule has 0 radical (unpaired) electrons. The van der Waals surface area contributed by atoms with Crippen LogP contribution in [0.1, 0.15) is 38.5 Å². The van der Waals surface area contributed by atoms with Gasteiger partial charge in [0.1, 0.15) is 0 Å². The van der Waals surface area contributed by atoms with Gasteiger partial charge in [0, 0.05) is 35.1 Å². The van der Waals surface area contributed by atoms with Crippen LogP contribution in [-0.4, -0.2) is 35.1 Å². The first-order chi connectivity index (χ1) is 8.42. The Morgan fingerprint density at radius 2 is 1.94 bits per heavy atom. The Kier molecular flexibility index (Phi) is 4.63. The predicted molar refractivity (Wildman–Crippen MR) is 80.0 cm³/mol. The fourth-order valence-electron chi connectivity index (χ4n) is 3.36. The molecule has 1 aliphatic heterocycles. The first kappa shape index (κ1) is 12.7. The highest BCUT2D eigenvalue weighted by Gasteiger charge is 2.34. The van der Waals surface area contributed by atoms with E-state index in [1.54, 1.807) is 0 Å². The van der Waals surface area contributed by atoms with Gasteiger partial charge < -0.3 is 5.32 Å². The number of thioether (sulfide) groups is 2. The van der Waals surface area contributed by atoms with E-state index in [9.17, 15) is 0 Å². The molecule has 0 aromatic carbocycles. The lowest BCUT2D eigenvalue weighted by molar-refractivity contribution is 0.262. The molecule has 2 aliphatic carbocycles. The van der Waals surface area contributed by atoms with Crippen molar-refractivity contribution in [2.24, 2.45) is 11.8 Å². The third-order valence-electron chi connectivity index (χ3n) is 4.52. The van der Waals surface area contributed by atoms with Crippen molar-refractivity contribution < 1.29 is 0 Å². The van der Waals surface area contributed by atoms with Crippen molar-refractivity contribution in [1.29, 1.82) is 0 Å². The van der Waals surface area contributed by atoms with Gasteiger partial charge in [-0.3, -0.25) is 0 Å². The van der Waals surface area contributed by atoms with E-state index < -0.39 is 0 Å². The summed E-state index contributed by atoms with van der Waals surface area (Å²) in [6, 6.07) is 0.849. The lowest BCUT2D eigenvalue weighted by Crippen LogP contribution is -2.39.